The van der Waals surface area contributed by atoms with E-state index in [1.807, 2.05) is 0 Å². The van der Waals surface area contributed by atoms with E-state index in [0.717, 1.165) is 16.2 Å². The highest BCUT2D eigenvalue weighted by Gasteiger charge is 2.34. The molecule has 1 aliphatic heterocycles. The maximum atomic E-state index is 12.2. The Morgan fingerprint density at radius 1 is 1.00 bits per heavy atom. The van der Waals surface area contributed by atoms with Crippen molar-refractivity contribution in [2.45, 2.75) is 0 Å². The molecule has 0 N–H and O–H groups in total. The number of hydrogen-bond acceptors (Lipinski definition) is 5. The van der Waals surface area contributed by atoms with Crippen molar-refractivity contribution in [3.8, 4) is 5.75 Å². The zero-order chi connectivity index (χ0) is 18.5. The predicted molar refractivity (Wildman–Crippen MR) is 94.8 cm³/mol. The van der Waals surface area contributed by atoms with Crippen molar-refractivity contribution >= 4 is 23.9 Å². The number of imide groups is 1. The Morgan fingerprint density at radius 2 is 1.62 bits per heavy atom. The molecule has 0 aliphatic carbocycles. The standard InChI is InChI=1S/C20H17NO5/c1-25-15-9-6-14(7-10-15)8-11-18(22)26-13-12-21-19(23)16-4-2-3-5-17(16)20(21)24/h2-11H,12-13H2,1H3. The van der Waals surface area contributed by atoms with Gasteiger partial charge in [0.1, 0.15) is 12.4 Å². The molecule has 0 unspecified atom stereocenters. The number of nitrogens with zero attached hydrogens (tertiary/aromatic N) is 1. The fourth-order valence-corrected chi connectivity index (χ4v) is 2.61. The van der Waals surface area contributed by atoms with E-state index < -0.39 is 5.97 Å². The van der Waals surface area contributed by atoms with Gasteiger partial charge in [-0.3, -0.25) is 14.5 Å². The Morgan fingerprint density at radius 3 is 2.19 bits per heavy atom. The molecule has 6 nitrogen and oxygen atoms in total. The first kappa shape index (κ1) is 17.4. The van der Waals surface area contributed by atoms with E-state index in [4.69, 9.17) is 9.47 Å². The van der Waals surface area contributed by atoms with Gasteiger partial charge in [0, 0.05) is 6.08 Å². The zero-order valence-corrected chi connectivity index (χ0v) is 14.2. The van der Waals surface area contributed by atoms with E-state index in [1.54, 1.807) is 61.7 Å². The molecule has 0 radical (unpaired) electrons. The Labute approximate surface area is 150 Å². The van der Waals surface area contributed by atoms with Crippen LogP contribution in [0.5, 0.6) is 5.75 Å². The predicted octanol–water partition coefficient (Wildman–Crippen LogP) is 2.55. The lowest BCUT2D eigenvalue weighted by atomic mass is 10.1. The Hall–Kier alpha value is -3.41. The second-order valence-corrected chi connectivity index (χ2v) is 5.58. The number of benzene rings is 2. The number of ether oxygens (including phenoxy) is 2. The van der Waals surface area contributed by atoms with E-state index in [-0.39, 0.29) is 25.0 Å². The second kappa shape index (κ2) is 7.65. The first-order valence-corrected chi connectivity index (χ1v) is 8.04. The van der Waals surface area contributed by atoms with Crippen molar-refractivity contribution in [1.29, 1.82) is 0 Å². The molecule has 26 heavy (non-hydrogen) atoms. The third-order valence-corrected chi connectivity index (χ3v) is 3.97. The maximum absolute atomic E-state index is 12.2. The number of esters is 1. The van der Waals surface area contributed by atoms with Gasteiger partial charge in [0.05, 0.1) is 24.8 Å². The summed E-state index contributed by atoms with van der Waals surface area (Å²) in [4.78, 5) is 37.2. The summed E-state index contributed by atoms with van der Waals surface area (Å²) in [6.07, 6.45) is 2.91. The number of hydrogen-bond donors (Lipinski definition) is 0. The van der Waals surface area contributed by atoms with Crippen LogP contribution in [0.1, 0.15) is 26.3 Å². The Bertz CT molecular complexity index is 835. The summed E-state index contributed by atoms with van der Waals surface area (Å²) in [5.41, 5.74) is 1.58. The average Bonchev–Trinajstić information content (AvgIpc) is 2.92. The van der Waals surface area contributed by atoms with Crippen LogP contribution in [0, 0.1) is 0 Å². The van der Waals surface area contributed by atoms with Crippen LogP contribution in [0.25, 0.3) is 6.08 Å². The van der Waals surface area contributed by atoms with Crippen molar-refractivity contribution < 1.29 is 23.9 Å². The Balaban J connectivity index is 1.50. The van der Waals surface area contributed by atoms with Gasteiger partial charge in [0.15, 0.2) is 0 Å². The molecule has 1 heterocycles. The molecule has 0 bridgehead atoms. The van der Waals surface area contributed by atoms with Crippen molar-refractivity contribution in [2.75, 3.05) is 20.3 Å². The lowest BCUT2D eigenvalue weighted by molar-refractivity contribution is -0.137. The molecule has 0 aromatic heterocycles. The van der Waals surface area contributed by atoms with Gasteiger partial charge in [-0.05, 0) is 35.9 Å². The number of carbonyl (C=O) groups excluding carboxylic acids is 3. The highest BCUT2D eigenvalue weighted by atomic mass is 16.5. The van der Waals surface area contributed by atoms with Crippen LogP contribution >= 0.6 is 0 Å². The van der Waals surface area contributed by atoms with Gasteiger partial charge < -0.3 is 9.47 Å². The molecule has 2 aromatic carbocycles. The highest BCUT2D eigenvalue weighted by Crippen LogP contribution is 2.21. The van der Waals surface area contributed by atoms with Gasteiger partial charge in [-0.2, -0.15) is 0 Å². The minimum Gasteiger partial charge on any atom is -0.497 e. The fourth-order valence-electron chi connectivity index (χ4n) is 2.61. The summed E-state index contributed by atoms with van der Waals surface area (Å²) >= 11 is 0. The van der Waals surface area contributed by atoms with Crippen molar-refractivity contribution in [3.05, 3.63) is 71.3 Å². The van der Waals surface area contributed by atoms with E-state index in [0.29, 0.717) is 11.1 Å². The zero-order valence-electron chi connectivity index (χ0n) is 14.2. The van der Waals surface area contributed by atoms with Gasteiger partial charge in [-0.15, -0.1) is 0 Å². The number of amides is 2. The summed E-state index contributed by atoms with van der Waals surface area (Å²) in [7, 11) is 1.58. The number of fused-ring (bicyclic) bond motifs is 1. The van der Waals surface area contributed by atoms with Gasteiger partial charge in [-0.25, -0.2) is 4.79 Å². The lowest BCUT2D eigenvalue weighted by Gasteiger charge is -2.13. The topological polar surface area (TPSA) is 72.9 Å². The van der Waals surface area contributed by atoms with Crippen molar-refractivity contribution in [2.24, 2.45) is 0 Å². The first-order chi connectivity index (χ1) is 12.6. The summed E-state index contributed by atoms with van der Waals surface area (Å²) in [6, 6.07) is 13.8. The van der Waals surface area contributed by atoms with E-state index in [9.17, 15) is 14.4 Å². The summed E-state index contributed by atoms with van der Waals surface area (Å²) in [5, 5.41) is 0. The van der Waals surface area contributed by atoms with Crippen molar-refractivity contribution in [3.63, 3.8) is 0 Å². The molecule has 132 valence electrons. The molecule has 2 aromatic rings. The maximum Gasteiger partial charge on any atom is 0.330 e. The molecule has 1 aliphatic rings. The van der Waals surface area contributed by atoms with Crippen LogP contribution in [0.4, 0.5) is 0 Å². The van der Waals surface area contributed by atoms with E-state index in [1.165, 1.54) is 6.08 Å². The molecule has 0 saturated heterocycles. The Kier molecular flexibility index (Phi) is 5.12. The molecule has 3 rings (SSSR count). The van der Waals surface area contributed by atoms with Crippen LogP contribution in [0.15, 0.2) is 54.6 Å². The van der Waals surface area contributed by atoms with Crippen LogP contribution < -0.4 is 4.74 Å². The van der Waals surface area contributed by atoms with Crippen LogP contribution in [0.3, 0.4) is 0 Å². The quantitative estimate of drug-likeness (QED) is 0.454. The molecule has 0 fully saturated rings. The molecule has 0 saturated carbocycles. The lowest BCUT2D eigenvalue weighted by Crippen LogP contribution is -2.33. The molecule has 0 spiro atoms. The number of rotatable bonds is 6. The molecular formula is C20H17NO5. The van der Waals surface area contributed by atoms with Crippen LogP contribution in [0.2, 0.25) is 0 Å². The van der Waals surface area contributed by atoms with Gasteiger partial charge in [0.2, 0.25) is 0 Å². The van der Waals surface area contributed by atoms with E-state index >= 15 is 0 Å². The SMILES string of the molecule is COc1ccc(C=CC(=O)OCCN2C(=O)c3ccccc3C2=O)cc1. The number of carbonyl (C=O) groups is 3. The van der Waals surface area contributed by atoms with Crippen LogP contribution in [-0.4, -0.2) is 42.9 Å². The summed E-state index contributed by atoms with van der Waals surface area (Å²) in [6.45, 7) is -0.0360. The minimum atomic E-state index is -0.544. The third kappa shape index (κ3) is 3.64. The van der Waals surface area contributed by atoms with Gasteiger partial charge in [-0.1, -0.05) is 24.3 Å². The minimum absolute atomic E-state index is 0.0223. The van der Waals surface area contributed by atoms with Crippen molar-refractivity contribution in [1.82, 2.24) is 4.90 Å². The monoisotopic (exact) mass is 351 g/mol. The largest absolute Gasteiger partial charge is 0.497 e. The molecule has 2 amide bonds. The molecular weight excluding hydrogens is 334 g/mol. The number of methoxy groups -OCH3 is 1. The fraction of sp³-hybridized carbons (Fsp3) is 0.150. The first-order valence-electron chi connectivity index (χ1n) is 8.04. The molecule has 0 atom stereocenters. The smallest absolute Gasteiger partial charge is 0.330 e. The normalized spacial score (nSPS) is 13.2. The second-order valence-electron chi connectivity index (χ2n) is 5.58. The van der Waals surface area contributed by atoms with Gasteiger partial charge >= 0.3 is 5.97 Å². The summed E-state index contributed by atoms with van der Waals surface area (Å²) in [5.74, 6) is -0.547. The summed E-state index contributed by atoms with van der Waals surface area (Å²) < 4.78 is 10.1. The van der Waals surface area contributed by atoms with Gasteiger partial charge in [0.25, 0.3) is 11.8 Å². The third-order valence-electron chi connectivity index (χ3n) is 3.97. The van der Waals surface area contributed by atoms with Crippen LogP contribution in [-0.2, 0) is 9.53 Å². The van der Waals surface area contributed by atoms with E-state index in [2.05, 4.69) is 0 Å². The molecule has 6 heteroatoms. The highest BCUT2D eigenvalue weighted by molar-refractivity contribution is 6.21. The average molecular weight is 351 g/mol.